The third-order valence-electron chi connectivity index (χ3n) is 5.36. The third kappa shape index (κ3) is 4.26. The zero-order chi connectivity index (χ0) is 22.2. The van der Waals surface area contributed by atoms with Crippen molar-refractivity contribution in [1.29, 1.82) is 0 Å². The number of amides is 3. The predicted octanol–water partition coefficient (Wildman–Crippen LogP) is 0.939. The van der Waals surface area contributed by atoms with Crippen molar-refractivity contribution in [1.82, 2.24) is 18.8 Å². The molecular formula is C20H28N4O5S. The van der Waals surface area contributed by atoms with Crippen molar-refractivity contribution in [2.45, 2.75) is 32.7 Å². The van der Waals surface area contributed by atoms with E-state index in [9.17, 15) is 22.8 Å². The zero-order valence-electron chi connectivity index (χ0n) is 17.7. The molecule has 164 valence electrons. The minimum Gasteiger partial charge on any atom is -0.349 e. The maximum absolute atomic E-state index is 12.7. The van der Waals surface area contributed by atoms with Crippen LogP contribution >= 0.6 is 0 Å². The Hall–Kier alpha value is -2.30. The van der Waals surface area contributed by atoms with Crippen LogP contribution < -0.4 is 5.32 Å². The van der Waals surface area contributed by atoms with E-state index in [4.69, 9.17) is 0 Å². The van der Waals surface area contributed by atoms with Crippen molar-refractivity contribution in [3.05, 3.63) is 34.9 Å². The molecule has 3 amide bonds. The molecule has 0 aromatic heterocycles. The molecule has 0 spiro atoms. The second-order valence-electron chi connectivity index (χ2n) is 8.31. The number of hydrogen-bond donors (Lipinski definition) is 1. The summed E-state index contributed by atoms with van der Waals surface area (Å²) in [5.41, 5.74) is 0.879. The maximum Gasteiger partial charge on any atom is 0.281 e. The molecule has 1 aromatic rings. The summed E-state index contributed by atoms with van der Waals surface area (Å²) in [6.45, 7) is 4.84. The Labute approximate surface area is 177 Å². The number of nitrogens with zero attached hydrogens (tertiary/aromatic N) is 3. The van der Waals surface area contributed by atoms with E-state index < -0.39 is 10.2 Å². The Bertz CT molecular complexity index is 965. The van der Waals surface area contributed by atoms with Crippen LogP contribution in [0.4, 0.5) is 0 Å². The number of hydrogen-bond acceptors (Lipinski definition) is 5. The Morgan fingerprint density at radius 2 is 1.73 bits per heavy atom. The lowest BCUT2D eigenvalue weighted by atomic mass is 10.0. The average molecular weight is 437 g/mol. The predicted molar refractivity (Wildman–Crippen MR) is 111 cm³/mol. The van der Waals surface area contributed by atoms with Gasteiger partial charge in [-0.1, -0.05) is 13.8 Å². The minimum atomic E-state index is -3.46. The number of carbonyl (C=O) groups is 3. The van der Waals surface area contributed by atoms with Crippen LogP contribution in [0.1, 0.15) is 57.8 Å². The Kier molecular flexibility index (Phi) is 6.30. The van der Waals surface area contributed by atoms with E-state index in [0.717, 1.165) is 0 Å². The highest BCUT2D eigenvalue weighted by Crippen LogP contribution is 2.25. The summed E-state index contributed by atoms with van der Waals surface area (Å²) < 4.78 is 27.0. The van der Waals surface area contributed by atoms with Crippen LogP contribution in [0.25, 0.3) is 0 Å². The highest BCUT2D eigenvalue weighted by Gasteiger charge is 2.36. The number of imide groups is 1. The second kappa shape index (κ2) is 8.44. The van der Waals surface area contributed by atoms with Crippen molar-refractivity contribution in [3.8, 4) is 0 Å². The molecule has 10 heteroatoms. The Morgan fingerprint density at radius 3 is 2.30 bits per heavy atom. The highest BCUT2D eigenvalue weighted by atomic mass is 32.2. The average Bonchev–Trinajstić information content (AvgIpc) is 2.92. The topological polar surface area (TPSA) is 107 Å². The molecule has 0 radical (unpaired) electrons. The maximum atomic E-state index is 12.7. The van der Waals surface area contributed by atoms with Gasteiger partial charge in [0, 0.05) is 45.3 Å². The number of carbonyl (C=O) groups excluding carboxylic acids is 3. The van der Waals surface area contributed by atoms with Crippen LogP contribution in [0, 0.1) is 5.92 Å². The van der Waals surface area contributed by atoms with Gasteiger partial charge in [0.05, 0.1) is 11.1 Å². The molecular weight excluding hydrogens is 408 g/mol. The van der Waals surface area contributed by atoms with Crippen LogP contribution in [-0.4, -0.2) is 79.4 Å². The van der Waals surface area contributed by atoms with Crippen molar-refractivity contribution >= 4 is 27.9 Å². The van der Waals surface area contributed by atoms with Gasteiger partial charge in [-0.05, 0) is 37.0 Å². The summed E-state index contributed by atoms with van der Waals surface area (Å²) in [4.78, 5) is 39.0. The second-order valence-corrected chi connectivity index (χ2v) is 10.5. The molecule has 0 atom stereocenters. The van der Waals surface area contributed by atoms with Gasteiger partial charge in [0.2, 0.25) is 0 Å². The van der Waals surface area contributed by atoms with Gasteiger partial charge in [-0.2, -0.15) is 17.0 Å². The summed E-state index contributed by atoms with van der Waals surface area (Å²) in [6, 6.07) is 4.38. The first-order valence-electron chi connectivity index (χ1n) is 10.0. The summed E-state index contributed by atoms with van der Waals surface area (Å²) >= 11 is 0. The minimum absolute atomic E-state index is 0.150. The molecule has 0 saturated carbocycles. The largest absolute Gasteiger partial charge is 0.349 e. The number of rotatable bonds is 6. The first-order chi connectivity index (χ1) is 14.0. The lowest BCUT2D eigenvalue weighted by molar-refractivity contribution is 0.0636. The monoisotopic (exact) mass is 436 g/mol. The van der Waals surface area contributed by atoms with E-state index in [1.165, 1.54) is 39.7 Å². The quantitative estimate of drug-likeness (QED) is 0.668. The number of nitrogens with one attached hydrogen (secondary N) is 1. The fraction of sp³-hybridized carbons (Fsp3) is 0.550. The van der Waals surface area contributed by atoms with Gasteiger partial charge in [0.1, 0.15) is 0 Å². The number of benzene rings is 1. The van der Waals surface area contributed by atoms with Gasteiger partial charge >= 0.3 is 0 Å². The van der Waals surface area contributed by atoms with Crippen LogP contribution in [-0.2, 0) is 10.2 Å². The first kappa shape index (κ1) is 22.4. The summed E-state index contributed by atoms with van der Waals surface area (Å²) in [7, 11) is -0.473. The molecule has 1 saturated heterocycles. The van der Waals surface area contributed by atoms with Gasteiger partial charge in [-0.15, -0.1) is 0 Å². The zero-order valence-corrected chi connectivity index (χ0v) is 18.5. The summed E-state index contributed by atoms with van der Waals surface area (Å²) in [5.74, 6) is -0.892. The van der Waals surface area contributed by atoms with E-state index in [1.807, 2.05) is 13.8 Å². The lowest BCUT2D eigenvalue weighted by Gasteiger charge is -2.33. The van der Waals surface area contributed by atoms with Gasteiger partial charge in [-0.25, -0.2) is 0 Å². The van der Waals surface area contributed by atoms with Gasteiger partial charge in [-0.3, -0.25) is 19.3 Å². The Balaban J connectivity index is 1.66. The molecule has 1 N–H and O–H groups in total. The van der Waals surface area contributed by atoms with Crippen molar-refractivity contribution < 1.29 is 22.8 Å². The van der Waals surface area contributed by atoms with Crippen molar-refractivity contribution in [2.75, 3.05) is 33.7 Å². The van der Waals surface area contributed by atoms with Crippen molar-refractivity contribution in [3.63, 3.8) is 0 Å². The third-order valence-corrected chi connectivity index (χ3v) is 7.30. The van der Waals surface area contributed by atoms with Crippen LogP contribution in [0.15, 0.2) is 18.2 Å². The lowest BCUT2D eigenvalue weighted by Crippen LogP contribution is -2.49. The van der Waals surface area contributed by atoms with E-state index >= 15 is 0 Å². The van der Waals surface area contributed by atoms with Gasteiger partial charge in [0.25, 0.3) is 27.9 Å². The number of piperidine rings is 1. The standard InChI is InChI=1S/C20H28N4O5S/c1-13(2)12-24-19(26)16-6-5-14(11-17(16)20(24)27)18(25)21-15-7-9-23(10-8-15)30(28,29)22(3)4/h5-6,11,13,15H,7-10,12H2,1-4H3,(H,21,25). The van der Waals surface area contributed by atoms with E-state index in [1.54, 1.807) is 6.07 Å². The molecule has 2 aliphatic heterocycles. The molecule has 1 fully saturated rings. The van der Waals surface area contributed by atoms with Gasteiger partial charge < -0.3 is 5.32 Å². The molecule has 3 rings (SSSR count). The fourth-order valence-corrected chi connectivity index (χ4v) is 4.83. The van der Waals surface area contributed by atoms with E-state index in [0.29, 0.717) is 43.6 Å². The molecule has 0 unspecified atom stereocenters. The normalized spacial score (nSPS) is 18.4. The molecule has 2 aliphatic rings. The SMILES string of the molecule is CC(C)CN1C(=O)c2ccc(C(=O)NC3CCN(S(=O)(=O)N(C)C)CC3)cc2C1=O. The van der Waals surface area contributed by atoms with Gasteiger partial charge in [0.15, 0.2) is 0 Å². The van der Waals surface area contributed by atoms with Crippen molar-refractivity contribution in [2.24, 2.45) is 5.92 Å². The fourth-order valence-electron chi connectivity index (χ4n) is 3.69. The van der Waals surface area contributed by atoms with Crippen LogP contribution in [0.2, 0.25) is 0 Å². The molecule has 0 aliphatic carbocycles. The smallest absolute Gasteiger partial charge is 0.281 e. The number of fused-ring (bicyclic) bond motifs is 1. The molecule has 30 heavy (non-hydrogen) atoms. The summed E-state index contributed by atoms with van der Waals surface area (Å²) in [5, 5.41) is 2.91. The molecule has 9 nitrogen and oxygen atoms in total. The van der Waals surface area contributed by atoms with E-state index in [2.05, 4.69) is 5.32 Å². The molecule has 0 bridgehead atoms. The van der Waals surface area contributed by atoms with Crippen LogP contribution in [0.3, 0.4) is 0 Å². The Morgan fingerprint density at radius 1 is 1.13 bits per heavy atom. The van der Waals surface area contributed by atoms with Crippen LogP contribution in [0.5, 0.6) is 0 Å². The molecule has 1 aromatic carbocycles. The summed E-state index contributed by atoms with van der Waals surface area (Å²) in [6.07, 6.45) is 1.01. The first-order valence-corrected chi connectivity index (χ1v) is 11.4. The van der Waals surface area contributed by atoms with E-state index in [-0.39, 0.29) is 35.2 Å². The highest BCUT2D eigenvalue weighted by molar-refractivity contribution is 7.86. The molecule has 2 heterocycles.